The molecule has 0 radical (unpaired) electrons. The molecule has 5 nitrogen and oxygen atoms in total. The molecule has 2 rings (SSSR count). The zero-order valence-corrected chi connectivity index (χ0v) is 12.9. The summed E-state index contributed by atoms with van der Waals surface area (Å²) in [5.74, 6) is -0.846. The molecule has 1 saturated carbocycles. The predicted molar refractivity (Wildman–Crippen MR) is 77.9 cm³/mol. The minimum Gasteiger partial charge on any atom is -0.480 e. The maximum Gasteiger partial charge on any atom is 0.321 e. The quantitative estimate of drug-likeness (QED) is 0.906. The van der Waals surface area contributed by atoms with E-state index in [1.54, 1.807) is 0 Å². The van der Waals surface area contributed by atoms with Crippen LogP contribution in [0.25, 0.3) is 0 Å². The standard InChI is InChI=1S/C14H22N2O3S/c1-14(2,13(17)18)20(19)10-11-8-9-16(15-11)12-6-4-3-5-7-12/h8-9,12H,3-7,10H2,1-2H3,(H,17,18). The molecule has 1 aromatic heterocycles. The van der Waals surface area contributed by atoms with Crippen LogP contribution in [0.15, 0.2) is 12.3 Å². The number of aliphatic carboxylic acids is 1. The zero-order valence-electron chi connectivity index (χ0n) is 12.0. The lowest BCUT2D eigenvalue weighted by Crippen LogP contribution is -2.37. The Labute approximate surface area is 121 Å². The van der Waals surface area contributed by atoms with E-state index in [1.165, 1.54) is 33.1 Å². The van der Waals surface area contributed by atoms with Crippen LogP contribution in [0.4, 0.5) is 0 Å². The lowest BCUT2D eigenvalue weighted by molar-refractivity contribution is -0.139. The van der Waals surface area contributed by atoms with E-state index in [0.29, 0.717) is 11.7 Å². The number of aromatic nitrogens is 2. The van der Waals surface area contributed by atoms with Gasteiger partial charge in [0.25, 0.3) is 0 Å². The highest BCUT2D eigenvalue weighted by Crippen LogP contribution is 2.27. The van der Waals surface area contributed by atoms with Crippen molar-refractivity contribution in [1.29, 1.82) is 0 Å². The third-order valence-electron chi connectivity index (χ3n) is 3.98. The first-order chi connectivity index (χ1) is 9.41. The van der Waals surface area contributed by atoms with Gasteiger partial charge >= 0.3 is 5.97 Å². The minimum absolute atomic E-state index is 0.193. The summed E-state index contributed by atoms with van der Waals surface area (Å²) >= 11 is 0. The fourth-order valence-corrected chi connectivity index (χ4v) is 3.39. The molecule has 0 saturated heterocycles. The van der Waals surface area contributed by atoms with Crippen LogP contribution in [-0.4, -0.2) is 29.8 Å². The highest BCUT2D eigenvalue weighted by Gasteiger charge is 2.34. The summed E-state index contributed by atoms with van der Waals surface area (Å²) in [5.41, 5.74) is 0.711. The van der Waals surface area contributed by atoms with Crippen molar-refractivity contribution in [2.75, 3.05) is 0 Å². The predicted octanol–water partition coefficient (Wildman–Crippen LogP) is 2.50. The largest absolute Gasteiger partial charge is 0.480 e. The van der Waals surface area contributed by atoms with E-state index in [1.807, 2.05) is 16.9 Å². The first kappa shape index (κ1) is 15.2. The Morgan fingerprint density at radius 1 is 1.45 bits per heavy atom. The molecule has 20 heavy (non-hydrogen) atoms. The molecule has 1 aliphatic carbocycles. The second-order valence-corrected chi connectivity index (χ2v) is 7.88. The minimum atomic E-state index is -1.48. The van der Waals surface area contributed by atoms with Gasteiger partial charge in [-0.3, -0.25) is 13.7 Å². The lowest BCUT2D eigenvalue weighted by Gasteiger charge is -2.22. The molecule has 1 atom stereocenters. The van der Waals surface area contributed by atoms with Crippen molar-refractivity contribution in [3.63, 3.8) is 0 Å². The number of carboxylic acid groups (broad SMARTS) is 1. The van der Waals surface area contributed by atoms with E-state index in [-0.39, 0.29) is 5.75 Å². The molecule has 0 spiro atoms. The van der Waals surface area contributed by atoms with Gasteiger partial charge < -0.3 is 5.11 Å². The van der Waals surface area contributed by atoms with E-state index < -0.39 is 21.5 Å². The van der Waals surface area contributed by atoms with Gasteiger partial charge in [0.2, 0.25) is 0 Å². The van der Waals surface area contributed by atoms with Crippen LogP contribution in [0, 0.1) is 0 Å². The van der Waals surface area contributed by atoms with Crippen LogP contribution in [0.1, 0.15) is 57.7 Å². The van der Waals surface area contributed by atoms with Gasteiger partial charge in [0.1, 0.15) is 4.75 Å². The average Bonchev–Trinajstić information content (AvgIpc) is 2.88. The van der Waals surface area contributed by atoms with Crippen molar-refractivity contribution < 1.29 is 14.1 Å². The van der Waals surface area contributed by atoms with Gasteiger partial charge in [-0.05, 0) is 32.8 Å². The van der Waals surface area contributed by atoms with Crippen LogP contribution in [0.2, 0.25) is 0 Å². The van der Waals surface area contributed by atoms with Crippen molar-refractivity contribution in [2.45, 2.75) is 62.5 Å². The van der Waals surface area contributed by atoms with Crippen molar-refractivity contribution >= 4 is 16.8 Å². The smallest absolute Gasteiger partial charge is 0.321 e. The van der Waals surface area contributed by atoms with E-state index in [4.69, 9.17) is 5.11 Å². The molecule has 1 N–H and O–H groups in total. The Morgan fingerprint density at radius 3 is 2.70 bits per heavy atom. The molecule has 0 aliphatic heterocycles. The van der Waals surface area contributed by atoms with Crippen LogP contribution in [0.5, 0.6) is 0 Å². The normalized spacial score (nSPS) is 18.9. The maximum absolute atomic E-state index is 12.1. The molecule has 112 valence electrons. The number of hydrogen-bond acceptors (Lipinski definition) is 3. The molecule has 0 bridgehead atoms. The zero-order chi connectivity index (χ0) is 14.8. The van der Waals surface area contributed by atoms with Crippen molar-refractivity contribution in [3.05, 3.63) is 18.0 Å². The average molecular weight is 298 g/mol. The number of carbonyl (C=O) groups is 1. The molecular formula is C14H22N2O3S. The second-order valence-electron chi connectivity index (χ2n) is 5.88. The van der Waals surface area contributed by atoms with E-state index >= 15 is 0 Å². The molecule has 1 aliphatic rings. The summed E-state index contributed by atoms with van der Waals surface area (Å²) in [5, 5.41) is 13.6. The fourth-order valence-electron chi connectivity index (χ4n) is 2.42. The van der Waals surface area contributed by atoms with Crippen molar-refractivity contribution in [2.24, 2.45) is 0 Å². The molecule has 0 amide bonds. The summed E-state index contributed by atoms with van der Waals surface area (Å²) in [6.45, 7) is 2.98. The molecule has 6 heteroatoms. The molecule has 1 aromatic rings. The molecule has 1 unspecified atom stereocenters. The van der Waals surface area contributed by atoms with Gasteiger partial charge in [-0.15, -0.1) is 0 Å². The summed E-state index contributed by atoms with van der Waals surface area (Å²) in [4.78, 5) is 11.1. The number of hydrogen-bond donors (Lipinski definition) is 1. The van der Waals surface area contributed by atoms with Crippen molar-refractivity contribution in [3.8, 4) is 0 Å². The van der Waals surface area contributed by atoms with Crippen LogP contribution < -0.4 is 0 Å². The van der Waals surface area contributed by atoms with Gasteiger partial charge in [0, 0.05) is 17.0 Å². The highest BCUT2D eigenvalue weighted by molar-refractivity contribution is 7.86. The third-order valence-corrected chi connectivity index (χ3v) is 5.85. The Morgan fingerprint density at radius 2 is 2.10 bits per heavy atom. The van der Waals surface area contributed by atoms with Gasteiger partial charge in [0.05, 0.1) is 17.5 Å². The van der Waals surface area contributed by atoms with E-state index in [0.717, 1.165) is 12.8 Å². The molecule has 1 heterocycles. The van der Waals surface area contributed by atoms with Crippen LogP contribution in [-0.2, 0) is 21.3 Å². The Bertz CT molecular complexity index is 504. The van der Waals surface area contributed by atoms with Gasteiger partial charge in [-0.2, -0.15) is 5.10 Å². The van der Waals surface area contributed by atoms with Crippen molar-refractivity contribution in [1.82, 2.24) is 9.78 Å². The fraction of sp³-hybridized carbons (Fsp3) is 0.714. The van der Waals surface area contributed by atoms with Crippen LogP contribution >= 0.6 is 0 Å². The van der Waals surface area contributed by atoms with Gasteiger partial charge in [0.15, 0.2) is 0 Å². The van der Waals surface area contributed by atoms with Gasteiger partial charge in [-0.1, -0.05) is 19.3 Å². The van der Waals surface area contributed by atoms with E-state index in [9.17, 15) is 9.00 Å². The maximum atomic E-state index is 12.1. The SMILES string of the molecule is CC(C)(C(=O)O)S(=O)Cc1ccn(C2CCCCC2)n1. The topological polar surface area (TPSA) is 72.2 Å². The summed E-state index contributed by atoms with van der Waals surface area (Å²) < 4.78 is 12.9. The first-order valence-corrected chi connectivity index (χ1v) is 8.39. The van der Waals surface area contributed by atoms with Gasteiger partial charge in [-0.25, -0.2) is 0 Å². The summed E-state index contributed by atoms with van der Waals surface area (Å²) in [6, 6.07) is 2.29. The Kier molecular flexibility index (Phi) is 4.62. The van der Waals surface area contributed by atoms with Crippen LogP contribution in [0.3, 0.4) is 0 Å². The summed E-state index contributed by atoms with van der Waals surface area (Å²) in [6.07, 6.45) is 7.98. The number of carboxylic acids is 1. The number of nitrogens with zero attached hydrogens (tertiary/aromatic N) is 2. The molecular weight excluding hydrogens is 276 g/mol. The summed E-state index contributed by atoms with van der Waals surface area (Å²) in [7, 11) is -1.48. The second kappa shape index (κ2) is 6.08. The Balaban J connectivity index is 2.02. The van der Waals surface area contributed by atoms with E-state index in [2.05, 4.69) is 5.10 Å². The lowest BCUT2D eigenvalue weighted by atomic mass is 9.96. The molecule has 1 fully saturated rings. The number of rotatable bonds is 5. The highest BCUT2D eigenvalue weighted by atomic mass is 32.2. The molecule has 0 aromatic carbocycles. The third kappa shape index (κ3) is 3.29. The monoisotopic (exact) mass is 298 g/mol. The first-order valence-electron chi connectivity index (χ1n) is 7.07. The Hall–Kier alpha value is -1.17.